The highest BCUT2D eigenvalue weighted by molar-refractivity contribution is 7.85. The Morgan fingerprint density at radius 1 is 0.681 bits per heavy atom. The van der Waals surface area contributed by atoms with Gasteiger partial charge in [-0.2, -0.15) is 8.42 Å². The zero-order valence-corrected chi connectivity index (χ0v) is 53.0. The molecule has 8 atom stereocenters. The molecule has 3 aliphatic rings. The number of aryl methyl sites for hydroxylation is 2. The van der Waals surface area contributed by atoms with Crippen LogP contribution in [0.5, 0.6) is 11.5 Å². The zero-order valence-electron chi connectivity index (χ0n) is 52.2. The van der Waals surface area contributed by atoms with Crippen LogP contribution in [-0.2, 0) is 45.3 Å². The summed E-state index contributed by atoms with van der Waals surface area (Å²) in [6.07, 6.45) is 6.91. The van der Waals surface area contributed by atoms with Gasteiger partial charge in [0.2, 0.25) is 35.4 Å². The molecule has 3 saturated heterocycles. The quantitative estimate of drug-likeness (QED) is 0.0323. The minimum atomic E-state index is -4.02. The molecule has 22 nitrogen and oxygen atoms in total. The normalized spacial score (nSPS) is 21.5. The second kappa shape index (κ2) is 34.3. The lowest BCUT2D eigenvalue weighted by Crippen LogP contribution is -2.61. The second-order valence-corrected chi connectivity index (χ2v) is 25.1. The fourth-order valence-corrected chi connectivity index (χ4v) is 11.9. The maximum absolute atomic E-state index is 14.5. The van der Waals surface area contributed by atoms with E-state index >= 15 is 0 Å². The van der Waals surface area contributed by atoms with E-state index in [4.69, 9.17) is 20.8 Å². The molecule has 0 saturated carbocycles. The number of carbonyl (C=O) groups is 7. The summed E-state index contributed by atoms with van der Waals surface area (Å²) in [7, 11) is -4.02. The summed E-state index contributed by atoms with van der Waals surface area (Å²) in [6.45, 7) is 6.60. The molecule has 5 aromatic carbocycles. The van der Waals surface area contributed by atoms with Gasteiger partial charge in [0.15, 0.2) is 0 Å². The van der Waals surface area contributed by atoms with Gasteiger partial charge in [-0.3, -0.25) is 38.1 Å². The van der Waals surface area contributed by atoms with Crippen LogP contribution >= 0.6 is 0 Å². The lowest BCUT2D eigenvalue weighted by molar-refractivity contribution is -0.144. The summed E-state index contributed by atoms with van der Waals surface area (Å²) in [6, 6.07) is 27.7. The van der Waals surface area contributed by atoms with Crippen molar-refractivity contribution < 1.29 is 61.5 Å². The van der Waals surface area contributed by atoms with Crippen LogP contribution in [0.1, 0.15) is 125 Å². The van der Waals surface area contributed by atoms with Gasteiger partial charge in [0.25, 0.3) is 16.0 Å². The average Bonchev–Trinajstić information content (AvgIpc) is 2.12. The van der Waals surface area contributed by atoms with Gasteiger partial charge in [0.1, 0.15) is 47.8 Å². The minimum absolute atomic E-state index is 0.0137. The number of rotatable bonds is 20. The van der Waals surface area contributed by atoms with E-state index in [0.717, 1.165) is 52.0 Å². The summed E-state index contributed by atoms with van der Waals surface area (Å²) >= 11 is 0. The number of benzene rings is 5. The van der Waals surface area contributed by atoms with Crippen LogP contribution in [0.4, 0.5) is 0 Å². The van der Waals surface area contributed by atoms with E-state index in [1.54, 1.807) is 36.4 Å². The Labute approximate surface area is 533 Å². The molecule has 5 aromatic rings. The molecule has 0 aromatic heterocycles. The molecular formula is C68H89N9O13S. The van der Waals surface area contributed by atoms with Crippen LogP contribution in [0.2, 0.25) is 0 Å². The molecule has 0 unspecified atom stereocenters. The zero-order chi connectivity index (χ0) is 65.6. The first-order chi connectivity index (χ1) is 43.6. The summed E-state index contributed by atoms with van der Waals surface area (Å²) in [5.41, 5.74) is 18.0. The van der Waals surface area contributed by atoms with Crippen molar-refractivity contribution in [1.29, 1.82) is 0 Å². The predicted molar refractivity (Wildman–Crippen MR) is 346 cm³/mol. The number of hydrogen-bond acceptors (Lipinski definition) is 14. The third kappa shape index (κ3) is 20.6. The molecule has 8 rings (SSSR count). The number of nitrogens with zero attached hydrogens (tertiary/aromatic N) is 2. The number of aliphatic hydroxyl groups excluding tert-OH is 1. The van der Waals surface area contributed by atoms with E-state index in [-0.39, 0.29) is 80.8 Å². The summed E-state index contributed by atoms with van der Waals surface area (Å²) in [5.74, 6) is -3.54. The van der Waals surface area contributed by atoms with Crippen molar-refractivity contribution in [2.45, 2.75) is 170 Å². The first kappa shape index (κ1) is 70.2. The van der Waals surface area contributed by atoms with Gasteiger partial charge < -0.3 is 62.8 Å². The predicted octanol–water partition coefficient (Wildman–Crippen LogP) is 5.84. The maximum Gasteiger partial charge on any atom is 0.294 e. The van der Waals surface area contributed by atoms with Crippen LogP contribution in [-0.4, -0.2) is 156 Å². The summed E-state index contributed by atoms with van der Waals surface area (Å²) in [4.78, 5) is 103. The molecule has 0 bridgehead atoms. The highest BCUT2D eigenvalue weighted by Crippen LogP contribution is 2.28. The monoisotopic (exact) mass is 1270 g/mol. The van der Waals surface area contributed by atoms with Crippen LogP contribution in [0.3, 0.4) is 0 Å². The largest absolute Gasteiger partial charge is 0.508 e. The molecule has 3 fully saturated rings. The molecule has 0 aliphatic carbocycles. The van der Waals surface area contributed by atoms with E-state index < -0.39 is 99.9 Å². The fraction of sp³-hybridized carbons (Fsp3) is 0.456. The Bertz CT molecular complexity index is 3330. The van der Waals surface area contributed by atoms with Gasteiger partial charge in [-0.1, -0.05) is 111 Å². The second-order valence-electron chi connectivity index (χ2n) is 23.7. The Hall–Kier alpha value is -8.22. The van der Waals surface area contributed by atoms with Crippen LogP contribution < -0.4 is 42.8 Å². The molecule has 91 heavy (non-hydrogen) atoms. The number of phenolic OH excluding ortho intramolecular Hbond substituents is 1. The number of amides is 7. The molecule has 3 heterocycles. The van der Waals surface area contributed by atoms with E-state index in [9.17, 15) is 52.2 Å². The highest BCUT2D eigenvalue weighted by Gasteiger charge is 2.43. The number of nitrogens with one attached hydrogen (secondary N) is 5. The van der Waals surface area contributed by atoms with Crippen LogP contribution in [0, 0.1) is 6.92 Å². The van der Waals surface area contributed by atoms with Gasteiger partial charge in [-0.15, -0.1) is 0 Å². The van der Waals surface area contributed by atoms with Gasteiger partial charge in [0.05, 0.1) is 17.6 Å². The van der Waals surface area contributed by atoms with Crippen molar-refractivity contribution in [1.82, 2.24) is 36.4 Å². The van der Waals surface area contributed by atoms with E-state index in [2.05, 4.69) is 33.5 Å². The van der Waals surface area contributed by atoms with E-state index in [1.807, 2.05) is 67.6 Å². The van der Waals surface area contributed by atoms with Gasteiger partial charge >= 0.3 is 0 Å². The number of aliphatic hydroxyl groups is 1. The molecule has 12 N–H and O–H groups in total. The molecule has 3 aliphatic heterocycles. The SMILES string of the molecule is CCCCCCCOc1ccc(-c2ccc(-c3ccc(C(=O)N[C@H]4CCCNC(=O)[C@@H]5C[C@H](N)CN5C(=O)[C@H](CCCCN)NC(=O)[C@H](CCc5ccc(O)cc5)NC(=O)[C@@H]5CCCN5C(=O)[C@H]([C@@H](C)O)NC4=O)cc3)cc2)cc1.Cc1ccc(S(=O)(=O)O)cc1. The maximum atomic E-state index is 14.5. The third-order valence-corrected chi connectivity index (χ3v) is 17.5. The van der Waals surface area contributed by atoms with Gasteiger partial charge in [-0.25, -0.2) is 0 Å². The number of hydrogen-bond donors (Lipinski definition) is 10. The molecule has 7 amide bonds. The fourth-order valence-electron chi connectivity index (χ4n) is 11.4. The third-order valence-electron chi connectivity index (χ3n) is 16.6. The summed E-state index contributed by atoms with van der Waals surface area (Å²) in [5, 5.41) is 35.1. The lowest BCUT2D eigenvalue weighted by Gasteiger charge is -2.32. The molecule has 0 spiro atoms. The first-order valence-electron chi connectivity index (χ1n) is 31.6. The number of phenols is 1. The molecule has 0 radical (unpaired) electrons. The number of unbranched alkanes of at least 4 members (excludes halogenated alkanes) is 5. The van der Waals surface area contributed by atoms with Crippen LogP contribution in [0.15, 0.2) is 126 Å². The molecule has 23 heteroatoms. The first-order valence-corrected chi connectivity index (χ1v) is 33.1. The topological polar surface area (TPSA) is 342 Å². The minimum Gasteiger partial charge on any atom is -0.508 e. The number of aromatic hydroxyl groups is 1. The lowest BCUT2D eigenvalue weighted by atomic mass is 9.99. The van der Waals surface area contributed by atoms with Crippen molar-refractivity contribution in [2.24, 2.45) is 11.5 Å². The molecular weight excluding hydrogens is 1180 g/mol. The van der Waals surface area contributed by atoms with E-state index in [0.29, 0.717) is 32.4 Å². The van der Waals surface area contributed by atoms with Crippen molar-refractivity contribution in [2.75, 3.05) is 32.8 Å². The van der Waals surface area contributed by atoms with Crippen molar-refractivity contribution in [3.63, 3.8) is 0 Å². The summed E-state index contributed by atoms with van der Waals surface area (Å²) < 4.78 is 35.5. The Morgan fingerprint density at radius 3 is 1.91 bits per heavy atom. The number of carbonyl (C=O) groups excluding carboxylic acids is 7. The van der Waals surface area contributed by atoms with Gasteiger partial charge in [-0.05, 0) is 167 Å². The smallest absolute Gasteiger partial charge is 0.294 e. The number of ether oxygens (including phenoxy) is 1. The highest BCUT2D eigenvalue weighted by atomic mass is 32.2. The Balaban J connectivity index is 0.000000965. The standard InChI is InChI=1S/C61H81N9O10.C7H8O3S/c1-3-4-5-6-9-36-80-48-30-26-44(27-31-48)42-20-18-41(19-21-42)43-22-24-45(25-23-43)55(73)65-49-13-10-34-64-58(76)53-37-46(63)38-70(53)60(78)51(12-7-8-33-62)67-56(74)50(32-17-40-15-28-47(72)29-16-40)66-59(77)52-14-11-35-69(52)61(79)54(39(2)71)68-57(49)75;1-6-2-4-7(5-3-6)11(8,9)10/h15-16,18-31,39,46,49-54,71-72H,3-14,17,32-38,62-63H2,1-2H3,(H,64,76)(H,65,73)(H,66,77)(H,67,74)(H,68,75);2-5H,1H3,(H,8,9,10)/t39-,46+,49+,50+,51+,52+,53+,54+;/m1./s1. The number of nitrogens with two attached hydrogens (primary N) is 2. The van der Waals surface area contributed by atoms with Gasteiger partial charge in [0, 0.05) is 31.2 Å². The van der Waals surface area contributed by atoms with Crippen molar-refractivity contribution in [3.8, 4) is 33.8 Å². The Kier molecular flexibility index (Phi) is 26.5. The molecule has 490 valence electrons. The van der Waals surface area contributed by atoms with Crippen LogP contribution in [0.25, 0.3) is 22.3 Å². The van der Waals surface area contributed by atoms with Crippen molar-refractivity contribution >= 4 is 51.5 Å². The Morgan fingerprint density at radius 2 is 1.30 bits per heavy atom. The average molecular weight is 1270 g/mol. The van der Waals surface area contributed by atoms with E-state index in [1.165, 1.54) is 60.3 Å². The number of fused-ring (bicyclic) bond motifs is 2. The van der Waals surface area contributed by atoms with Crippen molar-refractivity contribution in [3.05, 3.63) is 138 Å².